The molecule has 1 heterocycles. The summed E-state index contributed by atoms with van der Waals surface area (Å²) in [5.74, 6) is 0.425. The van der Waals surface area contributed by atoms with Crippen molar-refractivity contribution in [3.05, 3.63) is 77.3 Å². The van der Waals surface area contributed by atoms with E-state index < -0.39 is 6.10 Å². The van der Waals surface area contributed by atoms with Crippen LogP contribution >= 0.6 is 11.6 Å². The van der Waals surface area contributed by atoms with Gasteiger partial charge in [0.25, 0.3) is 5.91 Å². The molecular formula is C19H19ClN4O2. The monoisotopic (exact) mass is 370 g/mol. The molecule has 0 aliphatic carbocycles. The van der Waals surface area contributed by atoms with E-state index in [-0.39, 0.29) is 5.91 Å². The van der Waals surface area contributed by atoms with Crippen molar-refractivity contribution in [3.8, 4) is 5.75 Å². The molecule has 0 fully saturated rings. The van der Waals surface area contributed by atoms with Crippen molar-refractivity contribution in [1.29, 1.82) is 0 Å². The molecule has 1 unspecified atom stereocenters. The normalized spacial score (nSPS) is 11.8. The number of nitrogens with one attached hydrogen (secondary N) is 1. The van der Waals surface area contributed by atoms with Crippen LogP contribution in [0.4, 0.5) is 0 Å². The van der Waals surface area contributed by atoms with Crippen molar-refractivity contribution in [1.82, 2.24) is 20.1 Å². The van der Waals surface area contributed by atoms with Crippen LogP contribution < -0.4 is 10.1 Å². The van der Waals surface area contributed by atoms with E-state index in [0.717, 1.165) is 11.1 Å². The fraction of sp³-hybridized carbons (Fsp3) is 0.211. The van der Waals surface area contributed by atoms with E-state index in [9.17, 15) is 4.79 Å². The maximum absolute atomic E-state index is 12.2. The van der Waals surface area contributed by atoms with Crippen LogP contribution in [-0.2, 0) is 17.9 Å². The third kappa shape index (κ3) is 5.07. The van der Waals surface area contributed by atoms with Gasteiger partial charge in [0.1, 0.15) is 18.4 Å². The summed E-state index contributed by atoms with van der Waals surface area (Å²) in [5, 5.41) is 7.61. The number of carbonyl (C=O) groups is 1. The van der Waals surface area contributed by atoms with Crippen LogP contribution in [0.25, 0.3) is 0 Å². The van der Waals surface area contributed by atoms with Crippen molar-refractivity contribution < 1.29 is 9.53 Å². The van der Waals surface area contributed by atoms with Crippen LogP contribution in [0.2, 0.25) is 5.02 Å². The van der Waals surface area contributed by atoms with Crippen molar-refractivity contribution in [2.24, 2.45) is 0 Å². The first kappa shape index (κ1) is 17.9. The molecule has 0 spiro atoms. The van der Waals surface area contributed by atoms with E-state index in [2.05, 4.69) is 15.4 Å². The molecule has 2 aromatic carbocycles. The van der Waals surface area contributed by atoms with E-state index in [1.54, 1.807) is 42.2 Å². The number of halogens is 1. The minimum absolute atomic E-state index is 0.179. The zero-order chi connectivity index (χ0) is 18.4. The predicted molar refractivity (Wildman–Crippen MR) is 99.0 cm³/mol. The summed E-state index contributed by atoms with van der Waals surface area (Å²) in [6.07, 6.45) is 2.57. The largest absolute Gasteiger partial charge is 0.481 e. The highest BCUT2D eigenvalue weighted by Gasteiger charge is 2.14. The number of aromatic nitrogens is 3. The molecule has 134 valence electrons. The van der Waals surface area contributed by atoms with Crippen molar-refractivity contribution in [3.63, 3.8) is 0 Å². The van der Waals surface area contributed by atoms with E-state index in [1.807, 2.05) is 24.3 Å². The van der Waals surface area contributed by atoms with Crippen LogP contribution in [0.15, 0.2) is 61.2 Å². The van der Waals surface area contributed by atoms with Gasteiger partial charge in [-0.2, -0.15) is 5.10 Å². The molecule has 1 atom stereocenters. The Bertz CT molecular complexity index is 850. The molecule has 7 heteroatoms. The van der Waals surface area contributed by atoms with Gasteiger partial charge in [-0.1, -0.05) is 35.9 Å². The molecule has 0 saturated heterocycles. The molecule has 3 aromatic rings. The molecule has 0 aliphatic heterocycles. The molecule has 0 saturated carbocycles. The predicted octanol–water partition coefficient (Wildman–Crippen LogP) is 3.06. The number of nitrogens with zero attached hydrogens (tertiary/aromatic N) is 3. The Morgan fingerprint density at radius 1 is 1.23 bits per heavy atom. The zero-order valence-corrected chi connectivity index (χ0v) is 15.1. The zero-order valence-electron chi connectivity index (χ0n) is 14.3. The Balaban J connectivity index is 1.52. The maximum Gasteiger partial charge on any atom is 0.261 e. The van der Waals surface area contributed by atoms with Gasteiger partial charge < -0.3 is 10.1 Å². The number of hydrogen-bond donors (Lipinski definition) is 1. The molecule has 6 nitrogen and oxygen atoms in total. The quantitative estimate of drug-likeness (QED) is 0.694. The number of benzene rings is 2. The lowest BCUT2D eigenvalue weighted by Gasteiger charge is -2.15. The fourth-order valence-electron chi connectivity index (χ4n) is 2.44. The second kappa shape index (κ2) is 8.49. The van der Waals surface area contributed by atoms with Crippen molar-refractivity contribution in [2.45, 2.75) is 26.1 Å². The van der Waals surface area contributed by atoms with E-state index in [0.29, 0.717) is 23.9 Å². The summed E-state index contributed by atoms with van der Waals surface area (Å²) in [5.41, 5.74) is 2.10. The van der Waals surface area contributed by atoms with Gasteiger partial charge in [0.05, 0.1) is 6.54 Å². The topological polar surface area (TPSA) is 69.0 Å². The lowest BCUT2D eigenvalue weighted by atomic mass is 10.1. The molecule has 0 radical (unpaired) electrons. The molecule has 0 bridgehead atoms. The van der Waals surface area contributed by atoms with Crippen LogP contribution in [0.3, 0.4) is 0 Å². The minimum Gasteiger partial charge on any atom is -0.481 e. The molecule has 3 rings (SSSR count). The van der Waals surface area contributed by atoms with E-state index in [4.69, 9.17) is 16.3 Å². The number of rotatable bonds is 7. The first-order chi connectivity index (χ1) is 12.6. The summed E-state index contributed by atoms with van der Waals surface area (Å²) in [4.78, 5) is 16.2. The molecule has 1 amide bonds. The highest BCUT2D eigenvalue weighted by atomic mass is 35.5. The van der Waals surface area contributed by atoms with Crippen molar-refractivity contribution >= 4 is 17.5 Å². The Morgan fingerprint density at radius 2 is 2.00 bits per heavy atom. The summed E-state index contributed by atoms with van der Waals surface area (Å²) in [7, 11) is 0. The Morgan fingerprint density at radius 3 is 2.73 bits per heavy atom. The summed E-state index contributed by atoms with van der Waals surface area (Å²) in [6.45, 7) is 2.78. The van der Waals surface area contributed by atoms with Crippen molar-refractivity contribution in [2.75, 3.05) is 0 Å². The Hall–Kier alpha value is -2.86. The fourth-order valence-corrected chi connectivity index (χ4v) is 2.57. The average molecular weight is 371 g/mol. The van der Waals surface area contributed by atoms with Crippen LogP contribution in [0.5, 0.6) is 5.75 Å². The first-order valence-electron chi connectivity index (χ1n) is 8.20. The van der Waals surface area contributed by atoms with E-state index in [1.165, 1.54) is 6.33 Å². The number of hydrogen-bond acceptors (Lipinski definition) is 4. The van der Waals surface area contributed by atoms with Crippen LogP contribution in [-0.4, -0.2) is 26.8 Å². The second-order valence-electron chi connectivity index (χ2n) is 5.84. The van der Waals surface area contributed by atoms with Gasteiger partial charge in [-0.15, -0.1) is 0 Å². The lowest BCUT2D eigenvalue weighted by Crippen LogP contribution is -2.35. The SMILES string of the molecule is CC(Oc1ccc(Cl)cc1)C(=O)NCc1cccc(Cn2cncn2)c1. The van der Waals surface area contributed by atoms with Gasteiger partial charge in [-0.25, -0.2) is 9.67 Å². The number of ether oxygens (including phenoxy) is 1. The third-order valence-electron chi connectivity index (χ3n) is 3.77. The standard InChI is InChI=1S/C19H19ClN4O2/c1-14(26-18-7-5-17(20)6-8-18)19(25)22-10-15-3-2-4-16(9-15)11-24-13-21-12-23-24/h2-9,12-14H,10-11H2,1H3,(H,22,25). The highest BCUT2D eigenvalue weighted by Crippen LogP contribution is 2.16. The maximum atomic E-state index is 12.2. The van der Waals surface area contributed by atoms with Gasteiger partial charge in [0.15, 0.2) is 6.10 Å². The minimum atomic E-state index is -0.602. The first-order valence-corrected chi connectivity index (χ1v) is 8.58. The lowest BCUT2D eigenvalue weighted by molar-refractivity contribution is -0.127. The van der Waals surface area contributed by atoms with Gasteiger partial charge in [0.2, 0.25) is 0 Å². The average Bonchev–Trinajstić information content (AvgIpc) is 3.15. The molecule has 0 aliphatic rings. The number of amides is 1. The van der Waals surface area contributed by atoms with Crippen LogP contribution in [0, 0.1) is 0 Å². The summed E-state index contributed by atoms with van der Waals surface area (Å²) < 4.78 is 7.37. The van der Waals surface area contributed by atoms with Gasteiger partial charge in [-0.05, 0) is 42.3 Å². The van der Waals surface area contributed by atoms with E-state index >= 15 is 0 Å². The highest BCUT2D eigenvalue weighted by molar-refractivity contribution is 6.30. The third-order valence-corrected chi connectivity index (χ3v) is 4.02. The molecule has 26 heavy (non-hydrogen) atoms. The Labute approximate surface area is 156 Å². The number of carbonyl (C=O) groups excluding carboxylic acids is 1. The molecule has 1 aromatic heterocycles. The second-order valence-corrected chi connectivity index (χ2v) is 6.28. The summed E-state index contributed by atoms with van der Waals surface area (Å²) in [6, 6.07) is 14.9. The molecular weight excluding hydrogens is 352 g/mol. The Kier molecular flexibility index (Phi) is 5.86. The summed E-state index contributed by atoms with van der Waals surface area (Å²) >= 11 is 5.84. The van der Waals surface area contributed by atoms with Gasteiger partial charge in [-0.3, -0.25) is 4.79 Å². The smallest absolute Gasteiger partial charge is 0.261 e. The van der Waals surface area contributed by atoms with Gasteiger partial charge in [0, 0.05) is 11.6 Å². The molecule has 1 N–H and O–H groups in total. The van der Waals surface area contributed by atoms with Crippen LogP contribution in [0.1, 0.15) is 18.1 Å². The van der Waals surface area contributed by atoms with Gasteiger partial charge >= 0.3 is 0 Å².